The molecule has 1 aromatic carbocycles. The molecule has 0 saturated carbocycles. The van der Waals surface area contributed by atoms with Crippen molar-refractivity contribution in [3.8, 4) is 0 Å². The van der Waals surface area contributed by atoms with E-state index in [1.54, 1.807) is 0 Å². The lowest BCUT2D eigenvalue weighted by molar-refractivity contribution is 0.390. The zero-order valence-corrected chi connectivity index (χ0v) is 10.5. The molecule has 1 aromatic rings. The Labute approximate surface area is 98.4 Å². The minimum atomic E-state index is 0.611. The summed E-state index contributed by atoms with van der Waals surface area (Å²) in [4.78, 5) is 2.48. The van der Waals surface area contributed by atoms with Crippen LogP contribution < -0.4 is 10.6 Å². The highest BCUT2D eigenvalue weighted by Crippen LogP contribution is 2.33. The van der Waals surface area contributed by atoms with Crippen LogP contribution in [0.5, 0.6) is 0 Å². The first-order chi connectivity index (χ1) is 7.59. The highest BCUT2D eigenvalue weighted by Gasteiger charge is 2.25. The van der Waals surface area contributed by atoms with Gasteiger partial charge >= 0.3 is 0 Å². The van der Waals surface area contributed by atoms with Gasteiger partial charge in [-0.2, -0.15) is 0 Å². The smallest absolute Gasteiger partial charge is 0.0632 e. The third-order valence-electron chi connectivity index (χ3n) is 3.67. The first-order valence-electron chi connectivity index (χ1n) is 6.21. The van der Waals surface area contributed by atoms with Crippen molar-refractivity contribution in [3.63, 3.8) is 0 Å². The first kappa shape index (κ1) is 11.3. The molecule has 2 atom stereocenters. The number of rotatable bonds is 1. The van der Waals surface area contributed by atoms with Gasteiger partial charge in [-0.15, -0.1) is 0 Å². The Balaban J connectivity index is 2.35. The Hall–Kier alpha value is -1.18. The van der Waals surface area contributed by atoms with Crippen LogP contribution in [0.15, 0.2) is 18.2 Å². The molecule has 1 aliphatic heterocycles. The number of benzene rings is 1. The summed E-state index contributed by atoms with van der Waals surface area (Å²) in [6.45, 7) is 7.92. The highest BCUT2D eigenvalue weighted by molar-refractivity contribution is 5.71. The summed E-state index contributed by atoms with van der Waals surface area (Å²) in [5, 5.41) is 0. The summed E-state index contributed by atoms with van der Waals surface area (Å²) < 4.78 is 0. The lowest BCUT2D eigenvalue weighted by atomic mass is 9.93. The number of nitrogen functional groups attached to an aromatic ring is 1. The number of anilines is 2. The number of nitrogens with two attached hydrogens (primary N) is 1. The van der Waals surface area contributed by atoms with Crippen molar-refractivity contribution in [1.29, 1.82) is 0 Å². The second kappa shape index (κ2) is 4.36. The van der Waals surface area contributed by atoms with E-state index in [9.17, 15) is 0 Å². The van der Waals surface area contributed by atoms with Crippen molar-refractivity contribution in [2.24, 2.45) is 5.92 Å². The highest BCUT2D eigenvalue weighted by atomic mass is 15.2. The molecule has 0 aliphatic carbocycles. The van der Waals surface area contributed by atoms with Gasteiger partial charge in [0.2, 0.25) is 0 Å². The first-order valence-corrected chi connectivity index (χ1v) is 6.21. The number of aryl methyl sites for hydroxylation is 1. The maximum absolute atomic E-state index is 6.12. The van der Waals surface area contributed by atoms with E-state index >= 15 is 0 Å². The van der Waals surface area contributed by atoms with E-state index in [4.69, 9.17) is 5.73 Å². The van der Waals surface area contributed by atoms with E-state index in [0.717, 1.165) is 18.2 Å². The Morgan fingerprint density at radius 2 is 2.00 bits per heavy atom. The van der Waals surface area contributed by atoms with Gasteiger partial charge in [-0.3, -0.25) is 0 Å². The molecule has 1 saturated heterocycles. The number of nitrogens with zero attached hydrogens (tertiary/aromatic N) is 1. The van der Waals surface area contributed by atoms with Gasteiger partial charge in [0.15, 0.2) is 0 Å². The molecular formula is C14H22N2. The van der Waals surface area contributed by atoms with Gasteiger partial charge in [0, 0.05) is 12.6 Å². The van der Waals surface area contributed by atoms with E-state index < -0.39 is 0 Å². The lowest BCUT2D eigenvalue weighted by Crippen LogP contribution is -2.41. The van der Waals surface area contributed by atoms with Gasteiger partial charge in [0.25, 0.3) is 0 Å². The summed E-state index contributed by atoms with van der Waals surface area (Å²) in [5.41, 5.74) is 9.58. The number of para-hydroxylation sites is 1. The molecule has 0 bridgehead atoms. The maximum atomic E-state index is 6.12. The molecule has 2 nitrogen and oxygen atoms in total. The molecule has 88 valence electrons. The quantitative estimate of drug-likeness (QED) is 0.733. The van der Waals surface area contributed by atoms with Crippen LogP contribution in [0.2, 0.25) is 0 Å². The summed E-state index contributed by atoms with van der Waals surface area (Å²) in [6.07, 6.45) is 2.61. The molecule has 1 fully saturated rings. The Bertz CT molecular complexity index is 353. The summed E-state index contributed by atoms with van der Waals surface area (Å²) in [5.74, 6) is 0.773. The third-order valence-corrected chi connectivity index (χ3v) is 3.67. The number of hydrogen-bond donors (Lipinski definition) is 1. The zero-order valence-electron chi connectivity index (χ0n) is 10.5. The number of hydrogen-bond acceptors (Lipinski definition) is 2. The molecule has 1 heterocycles. The molecule has 0 radical (unpaired) electrons. The van der Waals surface area contributed by atoms with E-state index in [2.05, 4.69) is 31.7 Å². The predicted octanol–water partition coefficient (Wildman–Crippen LogP) is 3.20. The molecule has 2 rings (SSSR count). The van der Waals surface area contributed by atoms with Crippen molar-refractivity contribution < 1.29 is 0 Å². The number of piperidine rings is 1. The van der Waals surface area contributed by atoms with E-state index in [0.29, 0.717) is 6.04 Å². The fourth-order valence-electron chi connectivity index (χ4n) is 2.67. The fraction of sp³-hybridized carbons (Fsp3) is 0.571. The second-order valence-corrected chi connectivity index (χ2v) is 5.20. The molecule has 0 aromatic heterocycles. The molecule has 16 heavy (non-hydrogen) atoms. The largest absolute Gasteiger partial charge is 0.397 e. The molecule has 2 unspecified atom stereocenters. The fourth-order valence-corrected chi connectivity index (χ4v) is 2.67. The van der Waals surface area contributed by atoms with Crippen LogP contribution in [-0.4, -0.2) is 12.6 Å². The normalized spacial score (nSPS) is 25.8. The summed E-state index contributed by atoms with van der Waals surface area (Å²) >= 11 is 0. The van der Waals surface area contributed by atoms with Crippen molar-refractivity contribution in [2.45, 2.75) is 39.7 Å². The SMILES string of the molecule is Cc1cccc(N)c1N1CC(C)CCC1C. The van der Waals surface area contributed by atoms with Crippen molar-refractivity contribution in [2.75, 3.05) is 17.2 Å². The molecule has 2 heteroatoms. The van der Waals surface area contributed by atoms with Gasteiger partial charge in [0.1, 0.15) is 0 Å². The topological polar surface area (TPSA) is 29.3 Å². The van der Waals surface area contributed by atoms with Crippen molar-refractivity contribution in [3.05, 3.63) is 23.8 Å². The van der Waals surface area contributed by atoms with Gasteiger partial charge in [-0.25, -0.2) is 0 Å². The predicted molar refractivity (Wildman–Crippen MR) is 70.8 cm³/mol. The van der Waals surface area contributed by atoms with Crippen LogP contribution in [0.3, 0.4) is 0 Å². The van der Waals surface area contributed by atoms with E-state index in [1.165, 1.54) is 24.1 Å². The minimum Gasteiger partial charge on any atom is -0.397 e. The minimum absolute atomic E-state index is 0.611. The molecule has 0 amide bonds. The maximum Gasteiger partial charge on any atom is 0.0632 e. The van der Waals surface area contributed by atoms with Gasteiger partial charge < -0.3 is 10.6 Å². The van der Waals surface area contributed by atoms with Gasteiger partial charge in [0.05, 0.1) is 11.4 Å². The van der Waals surface area contributed by atoms with Crippen LogP contribution in [0.1, 0.15) is 32.3 Å². The molecule has 2 N–H and O–H groups in total. The monoisotopic (exact) mass is 218 g/mol. The Morgan fingerprint density at radius 1 is 1.25 bits per heavy atom. The van der Waals surface area contributed by atoms with E-state index in [1.807, 2.05) is 12.1 Å². The van der Waals surface area contributed by atoms with Gasteiger partial charge in [-0.1, -0.05) is 19.1 Å². The van der Waals surface area contributed by atoms with E-state index in [-0.39, 0.29) is 0 Å². The van der Waals surface area contributed by atoms with Crippen LogP contribution in [0, 0.1) is 12.8 Å². The Kier molecular flexibility index (Phi) is 3.08. The van der Waals surface area contributed by atoms with Crippen LogP contribution in [0.25, 0.3) is 0 Å². The van der Waals surface area contributed by atoms with Crippen LogP contribution >= 0.6 is 0 Å². The standard InChI is InChI=1S/C14H22N2/c1-10-7-8-12(3)16(9-10)14-11(2)5-4-6-13(14)15/h4-6,10,12H,7-9,15H2,1-3H3. The van der Waals surface area contributed by atoms with Crippen LogP contribution in [0.4, 0.5) is 11.4 Å². The lowest BCUT2D eigenvalue weighted by Gasteiger charge is -2.40. The average molecular weight is 218 g/mol. The summed E-state index contributed by atoms with van der Waals surface area (Å²) in [7, 11) is 0. The zero-order chi connectivity index (χ0) is 11.7. The summed E-state index contributed by atoms with van der Waals surface area (Å²) in [6, 6.07) is 6.80. The van der Waals surface area contributed by atoms with Crippen LogP contribution in [-0.2, 0) is 0 Å². The molecular weight excluding hydrogens is 196 g/mol. The molecule has 1 aliphatic rings. The second-order valence-electron chi connectivity index (χ2n) is 5.20. The molecule has 0 spiro atoms. The average Bonchev–Trinajstić information content (AvgIpc) is 2.23. The van der Waals surface area contributed by atoms with Gasteiger partial charge in [-0.05, 0) is 44.2 Å². The Morgan fingerprint density at radius 3 is 2.69 bits per heavy atom. The third kappa shape index (κ3) is 2.01. The van der Waals surface area contributed by atoms with Crippen molar-refractivity contribution in [1.82, 2.24) is 0 Å². The van der Waals surface area contributed by atoms with Crippen molar-refractivity contribution >= 4 is 11.4 Å².